The fourth-order valence-corrected chi connectivity index (χ4v) is 2.35. The van der Waals surface area contributed by atoms with Gasteiger partial charge in [-0.25, -0.2) is 0 Å². The summed E-state index contributed by atoms with van der Waals surface area (Å²) in [6.45, 7) is 0.294. The van der Waals surface area contributed by atoms with Gasteiger partial charge in [-0.3, -0.25) is 10.1 Å². The number of quaternary nitrogens is 2. The average molecular weight is 523 g/mol. The number of nitrogens with zero attached hydrogens (tertiary/aromatic N) is 1. The Labute approximate surface area is 199 Å². The first-order chi connectivity index (χ1) is 16.6. The van der Waals surface area contributed by atoms with Crippen molar-refractivity contribution in [2.75, 3.05) is 0 Å². The number of hydrogen-bond acceptors (Lipinski definition) is 7. The average Bonchev–Trinajstić information content (AvgIpc) is 3.22. The number of carbonyl (C=O) groups excluding carboxylic acids is 3. The Bertz CT molecular complexity index is 1050. The van der Waals surface area contributed by atoms with Gasteiger partial charge in [0.05, 0.1) is 0 Å². The number of amidine groups is 1. The minimum Gasteiger partial charge on any atom is -0.542 e. The number of aliphatic carboxylic acids is 2. The Morgan fingerprint density at radius 1 is 0.889 bits per heavy atom. The van der Waals surface area contributed by atoms with E-state index in [-0.39, 0.29) is 18.4 Å². The Morgan fingerprint density at radius 3 is 1.83 bits per heavy atom. The van der Waals surface area contributed by atoms with Crippen LogP contribution in [0, 0.1) is 0 Å². The van der Waals surface area contributed by atoms with Crippen LogP contribution in [-0.2, 0) is 25.7 Å². The second kappa shape index (κ2) is 13.2. The summed E-state index contributed by atoms with van der Waals surface area (Å²) < 4.78 is 68.4. The first-order valence-electron chi connectivity index (χ1n) is 9.72. The standard InChI is InChI=1S/C17H17N3O2.2C2HF3O2/c18-13(17-19-14-8-4-5-9-15(14)20-17)10-16(21)22-11-12-6-2-1-3-7-12;2*3-2(4,5)1(6)7/h1-9,13H,10-11,18H2,(H,19,20);2*(H,6,7)/t13-;;/m0../s1. The number of aliphatic imine (C=N–C) groups is 1. The number of fused-ring (bicyclic) bond motifs is 1. The Hall–Kier alpha value is -3.98. The molecule has 0 spiro atoms. The molecule has 1 aliphatic rings. The van der Waals surface area contributed by atoms with Gasteiger partial charge in [0.15, 0.2) is 11.7 Å². The molecule has 0 fully saturated rings. The lowest BCUT2D eigenvalue weighted by molar-refractivity contribution is -0.482. The maximum Gasteiger partial charge on any atom is 0.430 e. The molecule has 15 heteroatoms. The largest absolute Gasteiger partial charge is 0.542 e. The minimum atomic E-state index is -5.19. The molecule has 9 nitrogen and oxygen atoms in total. The fraction of sp³-hybridized carbons (Fsp3) is 0.238. The van der Waals surface area contributed by atoms with Gasteiger partial charge in [0.1, 0.15) is 30.7 Å². The maximum absolute atomic E-state index is 11.9. The molecule has 1 heterocycles. The summed E-state index contributed by atoms with van der Waals surface area (Å²) in [4.78, 5) is 34.0. The number of hydrogen-bond donors (Lipinski definition) is 2. The lowest BCUT2D eigenvalue weighted by Gasteiger charge is -2.07. The second-order valence-corrected chi connectivity index (χ2v) is 6.86. The number of halogens is 6. The van der Waals surface area contributed by atoms with Crippen molar-refractivity contribution in [3.63, 3.8) is 0 Å². The van der Waals surface area contributed by atoms with Crippen molar-refractivity contribution in [2.45, 2.75) is 31.4 Å². The molecule has 3 rings (SSSR count). The van der Waals surface area contributed by atoms with Crippen molar-refractivity contribution in [3.8, 4) is 0 Å². The van der Waals surface area contributed by atoms with Crippen molar-refractivity contribution in [3.05, 3.63) is 60.2 Å². The summed E-state index contributed by atoms with van der Waals surface area (Å²) in [6.07, 6.45) is -10.2. The van der Waals surface area contributed by atoms with Gasteiger partial charge in [-0.05, 0) is 11.6 Å². The van der Waals surface area contributed by atoms with E-state index < -0.39 is 24.3 Å². The highest BCUT2D eigenvalue weighted by atomic mass is 19.4. The number of ether oxygens (including phenoxy) is 1. The highest BCUT2D eigenvalue weighted by Crippen LogP contribution is 2.23. The van der Waals surface area contributed by atoms with Crippen LogP contribution in [0.5, 0.6) is 0 Å². The summed E-state index contributed by atoms with van der Waals surface area (Å²) in [6, 6.07) is 17.3. The van der Waals surface area contributed by atoms with Crippen LogP contribution in [0.2, 0.25) is 0 Å². The topological polar surface area (TPSA) is 163 Å². The van der Waals surface area contributed by atoms with E-state index in [0.717, 1.165) is 22.8 Å². The number of alkyl halides is 6. The summed E-state index contributed by atoms with van der Waals surface area (Å²) in [5.41, 5.74) is 7.02. The first-order valence-corrected chi connectivity index (χ1v) is 9.72. The van der Waals surface area contributed by atoms with E-state index in [2.05, 4.69) is 10.7 Å². The van der Waals surface area contributed by atoms with Gasteiger partial charge in [0, 0.05) is 6.07 Å². The van der Waals surface area contributed by atoms with Gasteiger partial charge in [-0.1, -0.05) is 42.5 Å². The molecule has 1 aliphatic heterocycles. The van der Waals surface area contributed by atoms with Crippen LogP contribution in [0.4, 0.5) is 37.7 Å². The molecule has 2 aromatic rings. The number of esters is 1. The van der Waals surface area contributed by atoms with E-state index in [4.69, 9.17) is 24.5 Å². The van der Waals surface area contributed by atoms with Crippen molar-refractivity contribution < 1.29 is 66.7 Å². The zero-order chi connectivity index (χ0) is 27.5. The molecule has 0 aliphatic carbocycles. The molecule has 5 N–H and O–H groups in total. The predicted octanol–water partition coefficient (Wildman–Crippen LogP) is -0.734. The van der Waals surface area contributed by atoms with Crippen LogP contribution in [-0.4, -0.2) is 42.1 Å². The van der Waals surface area contributed by atoms with Gasteiger partial charge in [0.2, 0.25) is 0 Å². The normalized spacial score (nSPS) is 13.0. The number of carboxylic acid groups (broad SMARTS) is 2. The minimum absolute atomic E-state index is 0.198. The number of nitrogens with two attached hydrogens (primary N) is 1. The predicted molar refractivity (Wildman–Crippen MR) is 105 cm³/mol. The summed E-state index contributed by atoms with van der Waals surface area (Å²) in [5, 5.41) is 19.6. The molecule has 0 unspecified atom stereocenters. The number of carboxylic acids is 2. The van der Waals surface area contributed by atoms with E-state index in [1.165, 1.54) is 0 Å². The SMILES string of the molecule is O=C([O-])C(F)(F)F.O=C([O-])C(F)(F)F.[NH3+][C@@H](CC(=O)OCc1ccccc1)C1=Nc2ccccc2[NH2+]1. The van der Waals surface area contributed by atoms with E-state index >= 15 is 0 Å². The monoisotopic (exact) mass is 523 g/mol. The van der Waals surface area contributed by atoms with Crippen LogP contribution in [0.25, 0.3) is 0 Å². The first kappa shape index (κ1) is 30.1. The molecule has 196 valence electrons. The third kappa shape index (κ3) is 11.0. The smallest absolute Gasteiger partial charge is 0.430 e. The molecule has 0 saturated heterocycles. The molecular weight excluding hydrogens is 504 g/mol. The van der Waals surface area contributed by atoms with Gasteiger partial charge in [-0.2, -0.15) is 31.3 Å². The van der Waals surface area contributed by atoms with E-state index in [1.807, 2.05) is 59.9 Å². The van der Waals surface area contributed by atoms with Gasteiger partial charge < -0.3 is 30.3 Å². The van der Waals surface area contributed by atoms with Crippen molar-refractivity contribution in [1.82, 2.24) is 0 Å². The molecule has 1 atom stereocenters. The molecule has 0 amide bonds. The van der Waals surface area contributed by atoms with Crippen LogP contribution >= 0.6 is 0 Å². The van der Waals surface area contributed by atoms with Crippen molar-refractivity contribution in [1.29, 1.82) is 0 Å². The van der Waals surface area contributed by atoms with Crippen LogP contribution in [0.3, 0.4) is 0 Å². The van der Waals surface area contributed by atoms with Crippen LogP contribution < -0.4 is 21.3 Å². The number of para-hydroxylation sites is 2. The lowest BCUT2D eigenvalue weighted by atomic mass is 10.2. The van der Waals surface area contributed by atoms with Crippen molar-refractivity contribution in [2.24, 2.45) is 4.99 Å². The van der Waals surface area contributed by atoms with Crippen molar-refractivity contribution >= 4 is 35.1 Å². The van der Waals surface area contributed by atoms with Crippen LogP contribution in [0.15, 0.2) is 59.6 Å². The van der Waals surface area contributed by atoms with E-state index in [9.17, 15) is 31.1 Å². The summed E-state index contributed by atoms with van der Waals surface area (Å²) in [7, 11) is 0. The summed E-state index contributed by atoms with van der Waals surface area (Å²) >= 11 is 0. The molecular formula is C21H19F6N3O6. The zero-order valence-electron chi connectivity index (χ0n) is 18.1. The Kier molecular flexibility index (Phi) is 11.0. The number of carbonyl (C=O) groups is 3. The third-order valence-electron chi connectivity index (χ3n) is 4.03. The molecule has 36 heavy (non-hydrogen) atoms. The molecule has 0 saturated carbocycles. The van der Waals surface area contributed by atoms with E-state index in [1.54, 1.807) is 0 Å². The lowest BCUT2D eigenvalue weighted by Crippen LogP contribution is -2.89. The number of benzene rings is 2. The second-order valence-electron chi connectivity index (χ2n) is 6.86. The highest BCUT2D eigenvalue weighted by Gasteiger charge is 2.30. The van der Waals surface area contributed by atoms with E-state index in [0.29, 0.717) is 6.61 Å². The van der Waals surface area contributed by atoms with Gasteiger partial charge >= 0.3 is 18.3 Å². The highest BCUT2D eigenvalue weighted by molar-refractivity contribution is 5.90. The Morgan fingerprint density at radius 2 is 1.36 bits per heavy atom. The third-order valence-corrected chi connectivity index (χ3v) is 4.03. The number of rotatable bonds is 5. The van der Waals surface area contributed by atoms with Gasteiger partial charge in [-0.15, -0.1) is 0 Å². The molecule has 0 bridgehead atoms. The maximum atomic E-state index is 11.9. The molecule has 2 aromatic carbocycles. The van der Waals surface area contributed by atoms with Crippen LogP contribution in [0.1, 0.15) is 12.0 Å². The zero-order valence-corrected chi connectivity index (χ0v) is 18.1. The van der Waals surface area contributed by atoms with Gasteiger partial charge in [0.25, 0.3) is 5.84 Å². The molecule has 0 radical (unpaired) electrons. The quantitative estimate of drug-likeness (QED) is 0.298. The Balaban J connectivity index is 0.000000383. The molecule has 0 aromatic heterocycles. The summed E-state index contributed by atoms with van der Waals surface area (Å²) in [5.74, 6) is -5.44. The fourth-order valence-electron chi connectivity index (χ4n) is 2.35.